The van der Waals surface area contributed by atoms with Gasteiger partial charge in [0, 0.05) is 15.5 Å². The molecule has 138 valence electrons. The number of rotatable bonds is 8. The maximum absolute atomic E-state index is 12.2. The molecule has 0 aliphatic rings. The molecule has 1 N–H and O–H groups in total. The van der Waals surface area contributed by atoms with E-state index in [1.807, 2.05) is 31.2 Å². The van der Waals surface area contributed by atoms with Gasteiger partial charge in [0.25, 0.3) is 11.7 Å². The van der Waals surface area contributed by atoms with Crippen molar-refractivity contribution < 1.29 is 23.1 Å². The molecular weight excluding hydrogens is 380 g/mol. The van der Waals surface area contributed by atoms with E-state index in [1.54, 1.807) is 0 Å². The van der Waals surface area contributed by atoms with Crippen LogP contribution in [-0.2, 0) is 14.3 Å². The zero-order chi connectivity index (χ0) is 18.9. The summed E-state index contributed by atoms with van der Waals surface area (Å²) in [5, 5.41) is 2.54. The maximum Gasteiger partial charge on any atom is 0.316 e. The summed E-state index contributed by atoms with van der Waals surface area (Å²) in [6.45, 7) is 1.55. The van der Waals surface area contributed by atoms with Gasteiger partial charge in [-0.05, 0) is 42.8 Å². The summed E-state index contributed by atoms with van der Waals surface area (Å²) in [5.74, 6) is -3.37. The number of anilines is 1. The lowest BCUT2D eigenvalue weighted by Crippen LogP contribution is -2.21. The first-order chi connectivity index (χ1) is 12.4. The van der Waals surface area contributed by atoms with Crippen LogP contribution in [0, 0.1) is 6.92 Å². The van der Waals surface area contributed by atoms with E-state index >= 15 is 0 Å². The third-order valence-electron chi connectivity index (χ3n) is 3.17. The van der Waals surface area contributed by atoms with Crippen molar-refractivity contribution in [3.8, 4) is 0 Å². The number of thioether (sulfide) groups is 2. The van der Waals surface area contributed by atoms with Crippen LogP contribution in [0.5, 0.6) is 0 Å². The topological polar surface area (TPSA) is 55.4 Å². The Hall–Kier alpha value is -2.06. The number of halogens is 2. The van der Waals surface area contributed by atoms with Crippen molar-refractivity contribution in [2.45, 2.75) is 22.5 Å². The predicted molar refractivity (Wildman–Crippen MR) is 99.8 cm³/mol. The average molecular weight is 397 g/mol. The third-order valence-corrected chi connectivity index (χ3v) is 5.04. The highest BCUT2D eigenvalue weighted by Gasteiger charge is 2.10. The molecule has 4 nitrogen and oxygen atoms in total. The summed E-state index contributed by atoms with van der Waals surface area (Å²) >= 11 is 1.77. The molecule has 0 aliphatic carbocycles. The number of esters is 1. The van der Waals surface area contributed by atoms with Crippen molar-refractivity contribution in [2.24, 2.45) is 0 Å². The number of amides is 1. The van der Waals surface area contributed by atoms with Crippen LogP contribution in [0.3, 0.4) is 0 Å². The number of ether oxygens (including phenoxy) is 1. The molecule has 0 fully saturated rings. The fourth-order valence-corrected chi connectivity index (χ4v) is 3.29. The molecule has 26 heavy (non-hydrogen) atoms. The maximum atomic E-state index is 12.2. The molecular formula is C18H17F2NO3S2. The highest BCUT2D eigenvalue weighted by Crippen LogP contribution is 2.26. The molecule has 8 heteroatoms. The number of benzene rings is 2. The van der Waals surface area contributed by atoms with Gasteiger partial charge in [0.2, 0.25) is 0 Å². The van der Waals surface area contributed by atoms with Gasteiger partial charge in [-0.2, -0.15) is 8.78 Å². The summed E-state index contributed by atoms with van der Waals surface area (Å²) < 4.78 is 29.4. The molecule has 0 saturated heterocycles. The zero-order valence-electron chi connectivity index (χ0n) is 13.9. The van der Waals surface area contributed by atoms with Gasteiger partial charge in [0.05, 0.1) is 5.75 Å². The average Bonchev–Trinajstić information content (AvgIpc) is 2.60. The lowest BCUT2D eigenvalue weighted by molar-refractivity contribution is -0.144. The van der Waals surface area contributed by atoms with Crippen LogP contribution in [0.1, 0.15) is 5.56 Å². The third kappa shape index (κ3) is 7.05. The van der Waals surface area contributed by atoms with Gasteiger partial charge in [-0.25, -0.2) is 0 Å². The second-order valence-electron chi connectivity index (χ2n) is 5.17. The van der Waals surface area contributed by atoms with Crippen LogP contribution in [0.4, 0.5) is 14.5 Å². The van der Waals surface area contributed by atoms with E-state index in [0.29, 0.717) is 22.3 Å². The van der Waals surface area contributed by atoms with Crippen molar-refractivity contribution in [1.82, 2.24) is 0 Å². The van der Waals surface area contributed by atoms with Crippen LogP contribution < -0.4 is 5.32 Å². The molecule has 0 bridgehead atoms. The van der Waals surface area contributed by atoms with Crippen molar-refractivity contribution >= 4 is 41.1 Å². The van der Waals surface area contributed by atoms with E-state index in [1.165, 1.54) is 36.0 Å². The Labute approximate surface area is 158 Å². The lowest BCUT2D eigenvalue weighted by atomic mass is 10.2. The molecule has 0 spiro atoms. The molecule has 2 aromatic carbocycles. The Morgan fingerprint density at radius 1 is 1.12 bits per heavy atom. The van der Waals surface area contributed by atoms with Crippen LogP contribution in [0.15, 0.2) is 58.3 Å². The second-order valence-corrected chi connectivity index (χ2v) is 7.25. The predicted octanol–water partition coefficient (Wildman–Crippen LogP) is 4.58. The standard InChI is InChI=1S/C18H17F2NO3S2/c1-12-4-2-3-5-15(12)25-11-17(23)24-10-16(22)21-13-6-8-14(9-7-13)26-18(19)20/h2-9,18H,10-11H2,1H3,(H,21,22). The van der Waals surface area contributed by atoms with E-state index in [9.17, 15) is 18.4 Å². The highest BCUT2D eigenvalue weighted by molar-refractivity contribution is 8.00. The first-order valence-corrected chi connectivity index (χ1v) is 9.49. The fraction of sp³-hybridized carbons (Fsp3) is 0.222. The number of nitrogens with one attached hydrogen (secondary N) is 1. The second kappa shape index (κ2) is 10.2. The van der Waals surface area contributed by atoms with Crippen LogP contribution in [0.2, 0.25) is 0 Å². The van der Waals surface area contributed by atoms with Crippen molar-refractivity contribution in [3.63, 3.8) is 0 Å². The number of aryl methyl sites for hydroxylation is 1. The molecule has 0 aromatic heterocycles. The minimum absolute atomic E-state index is 0.109. The first kappa shape index (κ1) is 20.3. The quantitative estimate of drug-likeness (QED) is 0.522. The van der Waals surface area contributed by atoms with Gasteiger partial charge in [-0.3, -0.25) is 9.59 Å². The van der Waals surface area contributed by atoms with Crippen LogP contribution >= 0.6 is 23.5 Å². The van der Waals surface area contributed by atoms with E-state index in [4.69, 9.17) is 4.74 Å². The number of hydrogen-bond acceptors (Lipinski definition) is 5. The Kier molecular flexibility index (Phi) is 7.93. The summed E-state index contributed by atoms with van der Waals surface area (Å²) in [7, 11) is 0. The minimum atomic E-state index is -2.49. The minimum Gasteiger partial charge on any atom is -0.455 e. The smallest absolute Gasteiger partial charge is 0.316 e. The largest absolute Gasteiger partial charge is 0.455 e. The fourth-order valence-electron chi connectivity index (χ4n) is 1.96. The van der Waals surface area contributed by atoms with Gasteiger partial charge in [-0.1, -0.05) is 30.0 Å². The number of alkyl halides is 2. The van der Waals surface area contributed by atoms with E-state index in [2.05, 4.69) is 5.32 Å². The number of hydrogen-bond donors (Lipinski definition) is 1. The Morgan fingerprint density at radius 2 is 1.81 bits per heavy atom. The van der Waals surface area contributed by atoms with Gasteiger partial charge in [-0.15, -0.1) is 11.8 Å². The van der Waals surface area contributed by atoms with E-state index in [-0.39, 0.29) is 5.75 Å². The first-order valence-electron chi connectivity index (χ1n) is 7.63. The van der Waals surface area contributed by atoms with Crippen LogP contribution in [-0.4, -0.2) is 30.0 Å². The van der Waals surface area contributed by atoms with Gasteiger partial charge in [0.15, 0.2) is 6.61 Å². The summed E-state index contributed by atoms with van der Waals surface area (Å²) in [6.07, 6.45) is 0. The van der Waals surface area contributed by atoms with Crippen molar-refractivity contribution in [2.75, 3.05) is 17.7 Å². The molecule has 0 unspecified atom stereocenters. The summed E-state index contributed by atoms with van der Waals surface area (Å²) in [4.78, 5) is 24.9. The van der Waals surface area contributed by atoms with Crippen LogP contribution in [0.25, 0.3) is 0 Å². The molecule has 0 aliphatic heterocycles. The SMILES string of the molecule is Cc1ccccc1SCC(=O)OCC(=O)Nc1ccc(SC(F)F)cc1. The molecule has 0 atom stereocenters. The highest BCUT2D eigenvalue weighted by atomic mass is 32.2. The van der Waals surface area contributed by atoms with E-state index in [0.717, 1.165) is 10.5 Å². The molecule has 1 amide bonds. The lowest BCUT2D eigenvalue weighted by Gasteiger charge is -2.08. The van der Waals surface area contributed by atoms with Crippen molar-refractivity contribution in [1.29, 1.82) is 0 Å². The summed E-state index contributed by atoms with van der Waals surface area (Å²) in [5.41, 5.74) is 1.51. The van der Waals surface area contributed by atoms with Gasteiger partial charge >= 0.3 is 5.97 Å². The molecule has 0 heterocycles. The Balaban J connectivity index is 1.72. The molecule has 2 rings (SSSR count). The Morgan fingerprint density at radius 3 is 2.46 bits per heavy atom. The molecule has 0 saturated carbocycles. The Bertz CT molecular complexity index is 754. The number of carbonyl (C=O) groups excluding carboxylic acids is 2. The van der Waals surface area contributed by atoms with Crippen molar-refractivity contribution in [3.05, 3.63) is 54.1 Å². The molecule has 0 radical (unpaired) electrons. The molecule has 2 aromatic rings. The normalized spacial score (nSPS) is 10.6. The monoisotopic (exact) mass is 397 g/mol. The zero-order valence-corrected chi connectivity index (χ0v) is 15.5. The van der Waals surface area contributed by atoms with Gasteiger partial charge < -0.3 is 10.1 Å². The summed E-state index contributed by atoms with van der Waals surface area (Å²) in [6, 6.07) is 13.7. The van der Waals surface area contributed by atoms with E-state index < -0.39 is 24.2 Å². The number of carbonyl (C=O) groups is 2. The van der Waals surface area contributed by atoms with Gasteiger partial charge in [0.1, 0.15) is 0 Å².